The zero-order valence-electron chi connectivity index (χ0n) is 15.4. The molecule has 1 amide bonds. The van der Waals surface area contributed by atoms with E-state index in [1.54, 1.807) is 17.4 Å². The molecule has 1 atom stereocenters. The predicted octanol–water partition coefficient (Wildman–Crippen LogP) is 4.98. The highest BCUT2D eigenvalue weighted by molar-refractivity contribution is 7.13. The molecule has 4 nitrogen and oxygen atoms in total. The second-order valence-corrected chi connectivity index (χ2v) is 7.44. The molecule has 0 saturated carbocycles. The molecule has 1 aliphatic rings. The SMILES string of the molecule is C=CC(CC)C(=O)Nc1ccc(C2=C(C)CCN(c3nccs3)C2)cc1. The second kappa shape index (κ2) is 8.32. The van der Waals surface area contributed by atoms with Crippen LogP contribution in [-0.4, -0.2) is 24.0 Å². The minimum absolute atomic E-state index is 0.00161. The molecule has 0 radical (unpaired) electrons. The van der Waals surface area contributed by atoms with Crippen LogP contribution in [0.2, 0.25) is 0 Å². The van der Waals surface area contributed by atoms with Gasteiger partial charge in [-0.25, -0.2) is 4.98 Å². The van der Waals surface area contributed by atoms with Gasteiger partial charge in [-0.05, 0) is 43.0 Å². The van der Waals surface area contributed by atoms with Crippen LogP contribution in [0.15, 0.2) is 54.1 Å². The molecule has 1 aromatic heterocycles. The molecule has 0 aliphatic carbocycles. The molecule has 1 aromatic carbocycles. The smallest absolute Gasteiger partial charge is 0.231 e. The van der Waals surface area contributed by atoms with Gasteiger partial charge in [0.05, 0.1) is 5.92 Å². The molecule has 0 spiro atoms. The van der Waals surface area contributed by atoms with Crippen molar-refractivity contribution in [2.45, 2.75) is 26.7 Å². The quantitative estimate of drug-likeness (QED) is 0.733. The van der Waals surface area contributed by atoms with Crippen LogP contribution in [0, 0.1) is 5.92 Å². The highest BCUT2D eigenvalue weighted by Gasteiger charge is 2.20. The fourth-order valence-electron chi connectivity index (χ4n) is 3.18. The van der Waals surface area contributed by atoms with Crippen molar-refractivity contribution < 1.29 is 4.79 Å². The zero-order chi connectivity index (χ0) is 18.5. The lowest BCUT2D eigenvalue weighted by molar-refractivity contribution is -0.118. The number of benzene rings is 1. The Balaban J connectivity index is 1.73. The molecule has 1 aliphatic heterocycles. The molecule has 3 rings (SSSR count). The predicted molar refractivity (Wildman–Crippen MR) is 111 cm³/mol. The standard InChI is InChI=1S/C21H25N3OS/c1-4-16(5-2)20(25)23-18-8-6-17(7-9-18)19-14-24(12-10-15(19)3)21-22-11-13-26-21/h4,6-9,11,13,16H,1,5,10,12,14H2,2-3H3,(H,23,25). The first-order valence-corrected chi connectivity index (χ1v) is 9.87. The van der Waals surface area contributed by atoms with Crippen LogP contribution < -0.4 is 10.2 Å². The second-order valence-electron chi connectivity index (χ2n) is 6.56. The molecule has 0 fully saturated rings. The number of thiazole rings is 1. The Bertz CT molecular complexity index is 793. The first-order valence-electron chi connectivity index (χ1n) is 8.99. The van der Waals surface area contributed by atoms with E-state index >= 15 is 0 Å². The molecule has 26 heavy (non-hydrogen) atoms. The molecule has 0 bridgehead atoms. The third kappa shape index (κ3) is 4.05. The van der Waals surface area contributed by atoms with Gasteiger partial charge in [-0.1, -0.05) is 30.7 Å². The number of hydrogen-bond acceptors (Lipinski definition) is 4. The summed E-state index contributed by atoms with van der Waals surface area (Å²) in [6.45, 7) is 9.81. The lowest BCUT2D eigenvalue weighted by Gasteiger charge is -2.30. The number of amides is 1. The summed E-state index contributed by atoms with van der Waals surface area (Å²) in [4.78, 5) is 19.0. The summed E-state index contributed by atoms with van der Waals surface area (Å²) in [5.41, 5.74) is 4.80. The highest BCUT2D eigenvalue weighted by atomic mass is 32.1. The fraction of sp³-hybridized carbons (Fsp3) is 0.333. The van der Waals surface area contributed by atoms with Crippen molar-refractivity contribution in [3.05, 3.63) is 59.6 Å². The van der Waals surface area contributed by atoms with Gasteiger partial charge in [-0.3, -0.25) is 4.79 Å². The number of nitrogens with one attached hydrogen (secondary N) is 1. The molecule has 5 heteroatoms. The summed E-state index contributed by atoms with van der Waals surface area (Å²) in [5.74, 6) is -0.150. The van der Waals surface area contributed by atoms with E-state index in [2.05, 4.69) is 40.8 Å². The summed E-state index contributed by atoms with van der Waals surface area (Å²) >= 11 is 1.68. The van der Waals surface area contributed by atoms with Crippen LogP contribution in [-0.2, 0) is 4.79 Å². The van der Waals surface area contributed by atoms with Crippen LogP contribution in [0.25, 0.3) is 5.57 Å². The maximum Gasteiger partial charge on any atom is 0.231 e. The third-order valence-corrected chi connectivity index (χ3v) is 5.70. The summed E-state index contributed by atoms with van der Waals surface area (Å²) in [6.07, 6.45) is 5.36. The summed E-state index contributed by atoms with van der Waals surface area (Å²) in [6, 6.07) is 8.14. The zero-order valence-corrected chi connectivity index (χ0v) is 16.2. The Morgan fingerprint density at radius 3 is 2.81 bits per heavy atom. The largest absolute Gasteiger partial charge is 0.343 e. The van der Waals surface area contributed by atoms with Gasteiger partial charge in [0.1, 0.15) is 0 Å². The lowest BCUT2D eigenvalue weighted by atomic mass is 9.95. The normalized spacial score (nSPS) is 15.7. The molecule has 0 saturated heterocycles. The van der Waals surface area contributed by atoms with Gasteiger partial charge in [0, 0.05) is 30.4 Å². The van der Waals surface area contributed by atoms with E-state index < -0.39 is 0 Å². The monoisotopic (exact) mass is 367 g/mol. The minimum Gasteiger partial charge on any atom is -0.343 e. The molecule has 2 aromatic rings. The van der Waals surface area contributed by atoms with E-state index in [0.717, 1.165) is 36.8 Å². The van der Waals surface area contributed by atoms with Gasteiger partial charge in [-0.2, -0.15) is 0 Å². The maximum atomic E-state index is 12.2. The topological polar surface area (TPSA) is 45.2 Å². The van der Waals surface area contributed by atoms with Crippen LogP contribution in [0.3, 0.4) is 0 Å². The first kappa shape index (κ1) is 18.4. The molecule has 136 valence electrons. The summed E-state index contributed by atoms with van der Waals surface area (Å²) < 4.78 is 0. The Labute approximate surface area is 159 Å². The van der Waals surface area contributed by atoms with Crippen molar-refractivity contribution in [1.29, 1.82) is 0 Å². The third-order valence-electron chi connectivity index (χ3n) is 4.87. The number of anilines is 2. The van der Waals surface area contributed by atoms with Crippen LogP contribution in [0.4, 0.5) is 10.8 Å². The molecule has 1 N–H and O–H groups in total. The molecule has 2 heterocycles. The molecular weight excluding hydrogens is 342 g/mol. The van der Waals surface area contributed by atoms with E-state index in [4.69, 9.17) is 0 Å². The van der Waals surface area contributed by atoms with Crippen LogP contribution in [0.5, 0.6) is 0 Å². The van der Waals surface area contributed by atoms with Crippen molar-refractivity contribution in [2.75, 3.05) is 23.3 Å². The van der Waals surface area contributed by atoms with E-state index in [1.165, 1.54) is 16.7 Å². The van der Waals surface area contributed by atoms with Crippen molar-refractivity contribution in [2.24, 2.45) is 5.92 Å². The molecule has 1 unspecified atom stereocenters. The van der Waals surface area contributed by atoms with Gasteiger partial charge >= 0.3 is 0 Å². The highest BCUT2D eigenvalue weighted by Crippen LogP contribution is 2.31. The number of nitrogens with zero attached hydrogens (tertiary/aromatic N) is 2. The van der Waals surface area contributed by atoms with Crippen LogP contribution >= 0.6 is 11.3 Å². The Hall–Kier alpha value is -2.40. The summed E-state index contributed by atoms with van der Waals surface area (Å²) in [5, 5.41) is 6.07. The first-order chi connectivity index (χ1) is 12.6. The van der Waals surface area contributed by atoms with E-state index in [9.17, 15) is 4.79 Å². The minimum atomic E-state index is -0.148. The molecular formula is C21H25N3OS. The van der Waals surface area contributed by atoms with Gasteiger partial charge in [-0.15, -0.1) is 17.9 Å². The van der Waals surface area contributed by atoms with Crippen molar-refractivity contribution in [3.8, 4) is 0 Å². The van der Waals surface area contributed by atoms with E-state index in [0.29, 0.717) is 0 Å². The number of carbonyl (C=O) groups is 1. The number of rotatable bonds is 6. The van der Waals surface area contributed by atoms with Gasteiger partial charge in [0.15, 0.2) is 5.13 Å². The van der Waals surface area contributed by atoms with Crippen molar-refractivity contribution >= 4 is 33.6 Å². The van der Waals surface area contributed by atoms with Gasteiger partial charge in [0.2, 0.25) is 5.91 Å². The maximum absolute atomic E-state index is 12.2. The lowest BCUT2D eigenvalue weighted by Crippen LogP contribution is -2.30. The Morgan fingerprint density at radius 2 is 2.19 bits per heavy atom. The summed E-state index contributed by atoms with van der Waals surface area (Å²) in [7, 11) is 0. The fourth-order valence-corrected chi connectivity index (χ4v) is 3.85. The van der Waals surface area contributed by atoms with Gasteiger partial charge < -0.3 is 10.2 Å². The van der Waals surface area contributed by atoms with Crippen molar-refractivity contribution in [1.82, 2.24) is 4.98 Å². The average Bonchev–Trinajstić information content (AvgIpc) is 3.19. The van der Waals surface area contributed by atoms with Gasteiger partial charge in [0.25, 0.3) is 0 Å². The van der Waals surface area contributed by atoms with Crippen LogP contribution in [0.1, 0.15) is 32.3 Å². The number of hydrogen-bond donors (Lipinski definition) is 1. The van der Waals surface area contributed by atoms with E-state index in [-0.39, 0.29) is 11.8 Å². The Morgan fingerprint density at radius 1 is 1.42 bits per heavy atom. The Kier molecular flexibility index (Phi) is 5.89. The number of aromatic nitrogens is 1. The number of carbonyl (C=O) groups excluding carboxylic acids is 1. The average molecular weight is 368 g/mol. The van der Waals surface area contributed by atoms with Crippen molar-refractivity contribution in [3.63, 3.8) is 0 Å². The van der Waals surface area contributed by atoms with E-state index in [1.807, 2.05) is 30.6 Å².